The van der Waals surface area contributed by atoms with Gasteiger partial charge in [-0.3, -0.25) is 9.69 Å². The van der Waals surface area contributed by atoms with Gasteiger partial charge in [-0.2, -0.15) is 5.26 Å². The molecule has 1 amide bonds. The molecule has 8 heteroatoms. The molecular formula is C26H34N4O4. The third-order valence-electron chi connectivity index (χ3n) is 7.12. The molecule has 4 rings (SSSR count). The zero-order valence-electron chi connectivity index (χ0n) is 20.5. The van der Waals surface area contributed by atoms with Crippen molar-refractivity contribution < 1.29 is 19.0 Å². The first-order valence-corrected chi connectivity index (χ1v) is 11.9. The highest BCUT2D eigenvalue weighted by Gasteiger charge is 2.31. The highest BCUT2D eigenvalue weighted by Crippen LogP contribution is 2.38. The summed E-state index contributed by atoms with van der Waals surface area (Å²) in [6.07, 6.45) is 4.10. The largest absolute Gasteiger partial charge is 0.497 e. The van der Waals surface area contributed by atoms with E-state index >= 15 is 0 Å². The SMILES string of the molecule is COc1ccc(C2CCCN2CC(=O)Nc2c(C#N)c(C)c(C)n2CC2CCCO2)c(OC)c1. The van der Waals surface area contributed by atoms with Crippen molar-refractivity contribution >= 4 is 11.7 Å². The van der Waals surface area contributed by atoms with E-state index in [4.69, 9.17) is 14.2 Å². The van der Waals surface area contributed by atoms with Crippen LogP contribution in [0.1, 0.15) is 54.1 Å². The number of rotatable bonds is 8. The van der Waals surface area contributed by atoms with Gasteiger partial charge in [0.2, 0.25) is 5.91 Å². The van der Waals surface area contributed by atoms with E-state index in [1.165, 1.54) is 0 Å². The molecule has 2 fully saturated rings. The maximum absolute atomic E-state index is 13.2. The fourth-order valence-corrected chi connectivity index (χ4v) is 5.17. The van der Waals surface area contributed by atoms with Crippen molar-refractivity contribution in [2.75, 3.05) is 39.2 Å². The first-order chi connectivity index (χ1) is 16.5. The lowest BCUT2D eigenvalue weighted by Gasteiger charge is -2.26. The third kappa shape index (κ3) is 4.77. The van der Waals surface area contributed by atoms with Crippen LogP contribution in [0.2, 0.25) is 0 Å². The topological polar surface area (TPSA) is 88.8 Å². The first-order valence-electron chi connectivity index (χ1n) is 11.9. The molecule has 0 spiro atoms. The van der Waals surface area contributed by atoms with E-state index in [2.05, 4.69) is 16.3 Å². The van der Waals surface area contributed by atoms with Gasteiger partial charge in [-0.1, -0.05) is 6.07 Å². The molecule has 2 unspecified atom stereocenters. The summed E-state index contributed by atoms with van der Waals surface area (Å²) in [5, 5.41) is 12.9. The molecule has 1 aromatic carbocycles. The van der Waals surface area contributed by atoms with Crippen LogP contribution in [0, 0.1) is 25.2 Å². The Labute approximate surface area is 201 Å². The number of hydrogen-bond donors (Lipinski definition) is 1. The molecule has 1 N–H and O–H groups in total. The zero-order valence-corrected chi connectivity index (χ0v) is 20.5. The summed E-state index contributed by atoms with van der Waals surface area (Å²) < 4.78 is 18.8. The number of hydrogen-bond acceptors (Lipinski definition) is 6. The highest BCUT2D eigenvalue weighted by molar-refractivity contribution is 5.93. The number of amides is 1. The molecule has 8 nitrogen and oxygen atoms in total. The minimum absolute atomic E-state index is 0.0872. The smallest absolute Gasteiger partial charge is 0.239 e. The van der Waals surface area contributed by atoms with E-state index in [0.717, 1.165) is 67.2 Å². The molecule has 2 aliphatic heterocycles. The molecule has 2 aliphatic rings. The van der Waals surface area contributed by atoms with E-state index in [-0.39, 0.29) is 24.6 Å². The minimum atomic E-state index is -0.123. The number of ether oxygens (including phenoxy) is 3. The van der Waals surface area contributed by atoms with Crippen LogP contribution in [-0.4, -0.2) is 55.4 Å². The molecule has 1 aromatic heterocycles. The van der Waals surface area contributed by atoms with Gasteiger partial charge in [-0.15, -0.1) is 0 Å². The Bertz CT molecular complexity index is 1080. The van der Waals surface area contributed by atoms with Gasteiger partial charge in [0, 0.05) is 30.0 Å². The van der Waals surface area contributed by atoms with Gasteiger partial charge < -0.3 is 24.1 Å². The molecule has 34 heavy (non-hydrogen) atoms. The average Bonchev–Trinajstić information content (AvgIpc) is 3.57. The summed E-state index contributed by atoms with van der Waals surface area (Å²) in [5.74, 6) is 1.96. The molecule has 2 atom stereocenters. The normalized spacial score (nSPS) is 20.3. The van der Waals surface area contributed by atoms with E-state index < -0.39 is 0 Å². The van der Waals surface area contributed by atoms with Crippen LogP contribution in [0.25, 0.3) is 0 Å². The summed E-state index contributed by atoms with van der Waals surface area (Å²) in [6.45, 7) is 6.40. The van der Waals surface area contributed by atoms with E-state index in [9.17, 15) is 10.1 Å². The lowest BCUT2D eigenvalue weighted by molar-refractivity contribution is -0.117. The molecule has 2 saturated heterocycles. The predicted octanol–water partition coefficient (Wildman–Crippen LogP) is 3.95. The van der Waals surface area contributed by atoms with Gasteiger partial charge in [-0.25, -0.2) is 0 Å². The van der Waals surface area contributed by atoms with Gasteiger partial charge in [-0.05, 0) is 57.7 Å². The fraction of sp³-hybridized carbons (Fsp3) is 0.538. The number of likely N-dealkylation sites (tertiary alicyclic amines) is 1. The number of anilines is 1. The van der Waals surface area contributed by atoms with Gasteiger partial charge in [0.05, 0.1) is 39.0 Å². The predicted molar refractivity (Wildman–Crippen MR) is 129 cm³/mol. The Balaban J connectivity index is 1.52. The van der Waals surface area contributed by atoms with Crippen molar-refractivity contribution in [3.8, 4) is 17.6 Å². The Morgan fingerprint density at radius 3 is 2.74 bits per heavy atom. The van der Waals surface area contributed by atoms with Crippen LogP contribution < -0.4 is 14.8 Å². The van der Waals surface area contributed by atoms with Crippen LogP contribution in [0.5, 0.6) is 11.5 Å². The summed E-state index contributed by atoms with van der Waals surface area (Å²) >= 11 is 0. The van der Waals surface area contributed by atoms with Gasteiger partial charge in [0.1, 0.15) is 23.4 Å². The molecule has 3 heterocycles. The van der Waals surface area contributed by atoms with Crippen molar-refractivity contribution in [1.82, 2.24) is 9.47 Å². The van der Waals surface area contributed by atoms with E-state index in [1.54, 1.807) is 14.2 Å². The van der Waals surface area contributed by atoms with E-state index in [1.807, 2.05) is 36.6 Å². The first kappa shape index (κ1) is 24.1. The van der Waals surface area contributed by atoms with Crippen LogP contribution in [0.15, 0.2) is 18.2 Å². The van der Waals surface area contributed by atoms with Crippen molar-refractivity contribution in [3.05, 3.63) is 40.6 Å². The second kappa shape index (κ2) is 10.5. The second-order valence-electron chi connectivity index (χ2n) is 9.08. The summed E-state index contributed by atoms with van der Waals surface area (Å²) in [5.41, 5.74) is 3.47. The van der Waals surface area contributed by atoms with Crippen molar-refractivity contribution in [3.63, 3.8) is 0 Å². The number of aromatic nitrogens is 1. The number of nitrogens with one attached hydrogen (secondary N) is 1. The van der Waals surface area contributed by atoms with Crippen LogP contribution in [0.4, 0.5) is 5.82 Å². The lowest BCUT2D eigenvalue weighted by Crippen LogP contribution is -2.34. The standard InChI is InChI=1S/C26H34N4O4/c1-17-18(2)30(15-20-7-6-12-34-20)26(22(17)14-27)28-25(31)16-29-11-5-8-23(29)21-10-9-19(32-3)13-24(21)33-4/h9-10,13,20,23H,5-8,11-12,15-16H2,1-4H3,(H,28,31). The summed E-state index contributed by atoms with van der Waals surface area (Å²) in [7, 11) is 3.29. The average molecular weight is 467 g/mol. The summed E-state index contributed by atoms with van der Waals surface area (Å²) in [6, 6.07) is 8.21. The number of carbonyl (C=O) groups is 1. The molecule has 182 valence electrons. The Hall–Kier alpha value is -3.02. The number of nitriles is 1. The van der Waals surface area contributed by atoms with Crippen LogP contribution in [-0.2, 0) is 16.1 Å². The number of carbonyl (C=O) groups excluding carboxylic acids is 1. The quantitative estimate of drug-likeness (QED) is 0.634. The zero-order chi connectivity index (χ0) is 24.2. The fourth-order valence-electron chi connectivity index (χ4n) is 5.17. The third-order valence-corrected chi connectivity index (χ3v) is 7.12. The molecule has 2 aromatic rings. The summed E-state index contributed by atoms with van der Waals surface area (Å²) in [4.78, 5) is 15.4. The number of nitrogens with zero attached hydrogens (tertiary/aromatic N) is 3. The van der Waals surface area contributed by atoms with Gasteiger partial charge in [0.25, 0.3) is 0 Å². The van der Waals surface area contributed by atoms with Gasteiger partial charge >= 0.3 is 0 Å². The van der Waals surface area contributed by atoms with E-state index in [0.29, 0.717) is 17.9 Å². The van der Waals surface area contributed by atoms with Crippen molar-refractivity contribution in [1.29, 1.82) is 5.26 Å². The molecular weight excluding hydrogens is 432 g/mol. The monoisotopic (exact) mass is 466 g/mol. The minimum Gasteiger partial charge on any atom is -0.497 e. The maximum atomic E-state index is 13.2. The number of benzene rings is 1. The van der Waals surface area contributed by atoms with Crippen LogP contribution >= 0.6 is 0 Å². The van der Waals surface area contributed by atoms with Crippen LogP contribution in [0.3, 0.4) is 0 Å². The Kier molecular flexibility index (Phi) is 7.44. The number of methoxy groups -OCH3 is 2. The highest BCUT2D eigenvalue weighted by atomic mass is 16.5. The molecule has 0 bridgehead atoms. The van der Waals surface area contributed by atoms with Gasteiger partial charge in [0.15, 0.2) is 0 Å². The Morgan fingerprint density at radius 2 is 2.06 bits per heavy atom. The molecule has 0 radical (unpaired) electrons. The maximum Gasteiger partial charge on any atom is 0.239 e. The Morgan fingerprint density at radius 1 is 1.24 bits per heavy atom. The molecule has 0 saturated carbocycles. The van der Waals surface area contributed by atoms with Crippen molar-refractivity contribution in [2.45, 2.75) is 58.2 Å². The second-order valence-corrected chi connectivity index (χ2v) is 9.08. The lowest BCUT2D eigenvalue weighted by atomic mass is 10.0. The molecule has 0 aliphatic carbocycles. The van der Waals surface area contributed by atoms with Crippen molar-refractivity contribution in [2.24, 2.45) is 0 Å².